The van der Waals surface area contributed by atoms with Crippen LogP contribution in [-0.4, -0.2) is 88.1 Å². The molecule has 1 aliphatic rings. The number of nitrogens with one attached hydrogen (secondary N) is 2. The monoisotopic (exact) mass is 404 g/mol. The highest BCUT2D eigenvalue weighted by molar-refractivity contribution is 7.98. The number of thioether (sulfide) groups is 1. The number of nitrogens with zero attached hydrogens (tertiary/aromatic N) is 1. The Kier molecular flexibility index (Phi) is 9.53. The average Bonchev–Trinajstić information content (AvgIpc) is 3.11. The van der Waals surface area contributed by atoms with Crippen LogP contribution < -0.4 is 16.4 Å². The zero-order valence-electron chi connectivity index (χ0n) is 15.5. The molecule has 1 saturated heterocycles. The van der Waals surface area contributed by atoms with Crippen LogP contribution in [0.5, 0.6) is 0 Å². The molecule has 1 fully saturated rings. The number of rotatable bonds is 10. The van der Waals surface area contributed by atoms with Gasteiger partial charge in [0, 0.05) is 6.54 Å². The fourth-order valence-electron chi connectivity index (χ4n) is 2.73. The number of hydrogen-bond donors (Lipinski definition) is 5. The molecular weight excluding hydrogens is 376 g/mol. The van der Waals surface area contributed by atoms with E-state index in [1.54, 1.807) is 0 Å². The maximum Gasteiger partial charge on any atom is 0.326 e. The van der Waals surface area contributed by atoms with Gasteiger partial charge in [-0.05, 0) is 38.2 Å². The molecule has 0 aromatic heterocycles. The Labute approximate surface area is 162 Å². The number of nitrogens with two attached hydrogens (primary N) is 1. The molecule has 3 amide bonds. The summed E-state index contributed by atoms with van der Waals surface area (Å²) in [7, 11) is 0. The first-order valence-electron chi connectivity index (χ1n) is 8.72. The quantitative estimate of drug-likeness (QED) is 0.283. The Balaban J connectivity index is 2.68. The van der Waals surface area contributed by atoms with Crippen LogP contribution in [0.15, 0.2) is 0 Å². The molecule has 1 rings (SSSR count). The van der Waals surface area contributed by atoms with Gasteiger partial charge in [-0.3, -0.25) is 14.4 Å². The molecule has 4 unspecified atom stereocenters. The number of carbonyl (C=O) groups is 4. The fourth-order valence-corrected chi connectivity index (χ4v) is 3.20. The van der Waals surface area contributed by atoms with Gasteiger partial charge in [0.15, 0.2) is 0 Å². The first kappa shape index (κ1) is 23.2. The van der Waals surface area contributed by atoms with Crippen molar-refractivity contribution in [3.63, 3.8) is 0 Å². The molecule has 27 heavy (non-hydrogen) atoms. The summed E-state index contributed by atoms with van der Waals surface area (Å²) >= 11 is 1.50. The Morgan fingerprint density at radius 3 is 2.56 bits per heavy atom. The number of carboxylic acids is 1. The SMILES string of the molecule is CSCCC(NC(=O)CNC(=O)C(N)C(C)O)C(=O)N1CCCC1C(=O)O. The van der Waals surface area contributed by atoms with E-state index in [0.29, 0.717) is 31.6 Å². The number of aliphatic hydroxyl groups is 1. The lowest BCUT2D eigenvalue weighted by Crippen LogP contribution is -2.54. The topological polar surface area (TPSA) is 162 Å². The number of carbonyl (C=O) groups excluding carboxylic acids is 3. The van der Waals surface area contributed by atoms with Gasteiger partial charge in [-0.15, -0.1) is 0 Å². The van der Waals surface area contributed by atoms with E-state index in [9.17, 15) is 29.4 Å². The summed E-state index contributed by atoms with van der Waals surface area (Å²) in [5, 5.41) is 23.4. The van der Waals surface area contributed by atoms with Gasteiger partial charge >= 0.3 is 5.97 Å². The molecule has 0 aromatic carbocycles. The summed E-state index contributed by atoms with van der Waals surface area (Å²) in [6.07, 6.45) is 2.12. The summed E-state index contributed by atoms with van der Waals surface area (Å²) in [6.45, 7) is 1.29. The summed E-state index contributed by atoms with van der Waals surface area (Å²) in [6, 6.07) is -2.91. The Morgan fingerprint density at radius 1 is 1.33 bits per heavy atom. The third-order valence-electron chi connectivity index (χ3n) is 4.31. The molecule has 1 heterocycles. The predicted octanol–water partition coefficient (Wildman–Crippen LogP) is -1.88. The van der Waals surface area contributed by atoms with Crippen molar-refractivity contribution >= 4 is 35.5 Å². The van der Waals surface area contributed by atoms with E-state index in [1.807, 2.05) is 6.26 Å². The van der Waals surface area contributed by atoms with Gasteiger partial charge < -0.3 is 31.5 Å². The summed E-state index contributed by atoms with van der Waals surface area (Å²) in [5.41, 5.74) is 5.47. The van der Waals surface area contributed by atoms with Crippen LogP contribution in [0.3, 0.4) is 0 Å². The van der Waals surface area contributed by atoms with Crippen molar-refractivity contribution in [2.45, 2.75) is 50.4 Å². The van der Waals surface area contributed by atoms with Gasteiger partial charge in [0.05, 0.1) is 12.6 Å². The van der Waals surface area contributed by atoms with E-state index in [-0.39, 0.29) is 0 Å². The number of aliphatic carboxylic acids is 1. The second kappa shape index (κ2) is 11.1. The maximum atomic E-state index is 12.7. The van der Waals surface area contributed by atoms with E-state index in [2.05, 4.69) is 10.6 Å². The van der Waals surface area contributed by atoms with E-state index < -0.39 is 54.5 Å². The Bertz CT molecular complexity index is 559. The molecule has 0 bridgehead atoms. The van der Waals surface area contributed by atoms with Gasteiger partial charge in [0.2, 0.25) is 17.7 Å². The van der Waals surface area contributed by atoms with Crippen molar-refractivity contribution in [3.8, 4) is 0 Å². The van der Waals surface area contributed by atoms with Crippen molar-refractivity contribution in [1.82, 2.24) is 15.5 Å². The van der Waals surface area contributed by atoms with Crippen molar-refractivity contribution in [1.29, 1.82) is 0 Å². The molecule has 0 aliphatic carbocycles. The second-order valence-electron chi connectivity index (χ2n) is 6.41. The van der Waals surface area contributed by atoms with Gasteiger partial charge in [0.1, 0.15) is 18.1 Å². The summed E-state index contributed by atoms with van der Waals surface area (Å²) < 4.78 is 0. The number of likely N-dealkylation sites (tertiary alicyclic amines) is 1. The Hall–Kier alpha value is -1.85. The zero-order chi connectivity index (χ0) is 20.6. The molecular formula is C16H28N4O6S. The highest BCUT2D eigenvalue weighted by atomic mass is 32.2. The van der Waals surface area contributed by atoms with Crippen molar-refractivity contribution < 1.29 is 29.4 Å². The van der Waals surface area contributed by atoms with Gasteiger partial charge in [-0.1, -0.05) is 0 Å². The fraction of sp³-hybridized carbons (Fsp3) is 0.750. The van der Waals surface area contributed by atoms with Crippen LogP contribution in [0.4, 0.5) is 0 Å². The molecule has 0 spiro atoms. The standard InChI is InChI=1S/C16H28N4O6S/c1-9(21)13(17)14(23)18-8-12(22)19-10(5-7-27-2)15(24)20-6-3-4-11(20)16(25)26/h9-11,13,21H,3-8,17H2,1-2H3,(H,18,23)(H,19,22)(H,25,26). The minimum absolute atomic E-state index is 0.335. The van der Waals surface area contributed by atoms with E-state index in [0.717, 1.165) is 0 Å². The van der Waals surface area contributed by atoms with E-state index in [1.165, 1.54) is 23.6 Å². The van der Waals surface area contributed by atoms with Crippen LogP contribution in [0.25, 0.3) is 0 Å². The lowest BCUT2D eigenvalue weighted by Gasteiger charge is -2.27. The third-order valence-corrected chi connectivity index (χ3v) is 4.95. The van der Waals surface area contributed by atoms with Crippen molar-refractivity contribution in [2.75, 3.05) is 25.1 Å². The largest absolute Gasteiger partial charge is 0.480 e. The third kappa shape index (κ3) is 7.00. The molecule has 10 nitrogen and oxygen atoms in total. The van der Waals surface area contributed by atoms with Crippen LogP contribution in [-0.2, 0) is 19.2 Å². The molecule has 1 aliphatic heterocycles. The summed E-state index contributed by atoms with van der Waals surface area (Å²) in [4.78, 5) is 49.1. The smallest absolute Gasteiger partial charge is 0.326 e. The Morgan fingerprint density at radius 2 is 2.00 bits per heavy atom. The number of amides is 3. The van der Waals surface area contributed by atoms with E-state index in [4.69, 9.17) is 5.73 Å². The zero-order valence-corrected chi connectivity index (χ0v) is 16.3. The molecule has 0 radical (unpaired) electrons. The van der Waals surface area contributed by atoms with Crippen molar-refractivity contribution in [3.05, 3.63) is 0 Å². The lowest BCUT2D eigenvalue weighted by molar-refractivity contribution is -0.149. The normalized spacial score (nSPS) is 19.9. The van der Waals surface area contributed by atoms with Gasteiger partial charge in [0.25, 0.3) is 0 Å². The molecule has 0 saturated carbocycles. The van der Waals surface area contributed by atoms with Crippen LogP contribution in [0, 0.1) is 0 Å². The minimum atomic E-state index is -1.16. The second-order valence-corrected chi connectivity index (χ2v) is 7.40. The van der Waals surface area contributed by atoms with Gasteiger partial charge in [-0.2, -0.15) is 11.8 Å². The van der Waals surface area contributed by atoms with Crippen molar-refractivity contribution in [2.24, 2.45) is 5.73 Å². The predicted molar refractivity (Wildman–Crippen MR) is 100.0 cm³/mol. The number of hydrogen-bond acceptors (Lipinski definition) is 7. The van der Waals surface area contributed by atoms with E-state index >= 15 is 0 Å². The lowest BCUT2D eigenvalue weighted by atomic mass is 10.1. The van der Waals surface area contributed by atoms with Crippen LogP contribution in [0.1, 0.15) is 26.2 Å². The van der Waals surface area contributed by atoms with Gasteiger partial charge in [-0.25, -0.2) is 4.79 Å². The molecule has 4 atom stereocenters. The maximum absolute atomic E-state index is 12.7. The molecule has 6 N–H and O–H groups in total. The number of carboxylic acid groups (broad SMARTS) is 1. The summed E-state index contributed by atoms with van der Waals surface area (Å²) in [5.74, 6) is -2.17. The van der Waals surface area contributed by atoms with Crippen LogP contribution in [0.2, 0.25) is 0 Å². The van der Waals surface area contributed by atoms with Crippen LogP contribution >= 0.6 is 11.8 Å². The molecule has 11 heteroatoms. The number of aliphatic hydroxyl groups excluding tert-OH is 1. The average molecular weight is 404 g/mol. The molecule has 0 aromatic rings. The molecule has 154 valence electrons. The first-order valence-corrected chi connectivity index (χ1v) is 10.1. The first-order chi connectivity index (χ1) is 12.7. The highest BCUT2D eigenvalue weighted by Gasteiger charge is 2.37. The minimum Gasteiger partial charge on any atom is -0.480 e. The highest BCUT2D eigenvalue weighted by Crippen LogP contribution is 2.19.